The quantitative estimate of drug-likeness (QED) is 0.752. The number of fused-ring (bicyclic) bond motifs is 1. The number of hydrogen-bond donors (Lipinski definition) is 0. The minimum atomic E-state index is 0.431. The number of anilines is 1. The number of imidazole rings is 1. The Morgan fingerprint density at radius 2 is 1.72 bits per heavy atom. The first-order chi connectivity index (χ1) is 14.3. The molecule has 2 saturated carbocycles. The smallest absolute Gasteiger partial charge is 0.138 e. The van der Waals surface area contributed by atoms with Gasteiger partial charge in [-0.05, 0) is 49.7 Å². The van der Waals surface area contributed by atoms with E-state index in [2.05, 4.69) is 43.5 Å². The molecule has 0 spiro atoms. The first-order valence-electron chi connectivity index (χ1n) is 11.6. The van der Waals surface area contributed by atoms with Gasteiger partial charge < -0.3 is 9.64 Å². The third-order valence-electron chi connectivity index (χ3n) is 7.14. The van der Waals surface area contributed by atoms with Crippen LogP contribution >= 0.6 is 0 Å². The second kappa shape index (κ2) is 7.56. The zero-order valence-electron chi connectivity index (χ0n) is 17.4. The standard InChI is InChI=1S/C23H33N5O/c1-2-22-24-20(16-28(22)23(3-1)26-10-12-29-13-11-26)21-17-25(14-18-4-5-18)8-9-27(21)15-19-6-7-19/h1-3,16,18-19,21H,4-15,17H2/t21-/m0/s1. The molecule has 6 nitrogen and oxygen atoms in total. The van der Waals surface area contributed by atoms with Crippen LogP contribution in [0.5, 0.6) is 0 Å². The van der Waals surface area contributed by atoms with Gasteiger partial charge in [0.2, 0.25) is 0 Å². The summed E-state index contributed by atoms with van der Waals surface area (Å²) in [5.41, 5.74) is 2.33. The van der Waals surface area contributed by atoms with Gasteiger partial charge in [-0.2, -0.15) is 0 Å². The summed E-state index contributed by atoms with van der Waals surface area (Å²) in [4.78, 5) is 13.0. The number of morpholine rings is 1. The summed E-state index contributed by atoms with van der Waals surface area (Å²) in [7, 11) is 0. The topological polar surface area (TPSA) is 36.3 Å². The van der Waals surface area contributed by atoms with Crippen LogP contribution in [0.1, 0.15) is 37.4 Å². The second-order valence-corrected chi connectivity index (χ2v) is 9.53. The maximum Gasteiger partial charge on any atom is 0.138 e. The maximum atomic E-state index is 5.56. The van der Waals surface area contributed by atoms with Gasteiger partial charge in [-0.1, -0.05) is 6.07 Å². The third-order valence-corrected chi connectivity index (χ3v) is 7.14. The Hall–Kier alpha value is -1.63. The molecular weight excluding hydrogens is 362 g/mol. The molecule has 156 valence electrons. The van der Waals surface area contributed by atoms with Crippen molar-refractivity contribution in [3.8, 4) is 0 Å². The molecule has 0 radical (unpaired) electrons. The highest BCUT2D eigenvalue weighted by Gasteiger charge is 2.36. The Morgan fingerprint density at radius 1 is 0.931 bits per heavy atom. The van der Waals surface area contributed by atoms with E-state index in [1.807, 2.05) is 0 Å². The van der Waals surface area contributed by atoms with Crippen LogP contribution in [-0.2, 0) is 4.74 Å². The molecule has 6 heteroatoms. The molecule has 2 aliphatic heterocycles. The molecule has 0 aromatic carbocycles. The number of aromatic nitrogens is 2. The van der Waals surface area contributed by atoms with Crippen molar-refractivity contribution in [1.29, 1.82) is 0 Å². The third kappa shape index (κ3) is 3.90. The highest BCUT2D eigenvalue weighted by atomic mass is 16.5. The lowest BCUT2D eigenvalue weighted by Gasteiger charge is -2.41. The van der Waals surface area contributed by atoms with Crippen molar-refractivity contribution in [2.75, 3.05) is 63.9 Å². The number of ether oxygens (including phenoxy) is 1. The predicted molar refractivity (Wildman–Crippen MR) is 114 cm³/mol. The summed E-state index contributed by atoms with van der Waals surface area (Å²) in [6, 6.07) is 6.97. The lowest BCUT2D eigenvalue weighted by Crippen LogP contribution is -2.49. The monoisotopic (exact) mass is 395 g/mol. The lowest BCUT2D eigenvalue weighted by molar-refractivity contribution is 0.0656. The molecule has 0 amide bonds. The summed E-state index contributed by atoms with van der Waals surface area (Å²) in [6.07, 6.45) is 8.03. The molecule has 1 atom stereocenters. The molecule has 4 aliphatic rings. The lowest BCUT2D eigenvalue weighted by atomic mass is 10.1. The van der Waals surface area contributed by atoms with Crippen LogP contribution in [0.2, 0.25) is 0 Å². The molecule has 4 fully saturated rings. The van der Waals surface area contributed by atoms with E-state index in [-0.39, 0.29) is 0 Å². The molecule has 2 aromatic rings. The van der Waals surface area contributed by atoms with Gasteiger partial charge >= 0.3 is 0 Å². The summed E-state index contributed by atoms with van der Waals surface area (Å²) in [5, 5.41) is 0. The van der Waals surface area contributed by atoms with E-state index in [0.717, 1.165) is 50.3 Å². The van der Waals surface area contributed by atoms with E-state index in [9.17, 15) is 0 Å². The second-order valence-electron chi connectivity index (χ2n) is 9.53. The van der Waals surface area contributed by atoms with E-state index >= 15 is 0 Å². The van der Waals surface area contributed by atoms with Gasteiger partial charge in [0.1, 0.15) is 11.5 Å². The summed E-state index contributed by atoms with van der Waals surface area (Å²) in [6.45, 7) is 9.65. The van der Waals surface area contributed by atoms with Crippen molar-refractivity contribution in [2.45, 2.75) is 31.7 Å². The Balaban J connectivity index is 1.30. The average molecular weight is 396 g/mol. The highest BCUT2D eigenvalue weighted by molar-refractivity contribution is 5.53. The van der Waals surface area contributed by atoms with Gasteiger partial charge in [-0.3, -0.25) is 14.2 Å². The van der Waals surface area contributed by atoms with Crippen molar-refractivity contribution in [1.82, 2.24) is 19.2 Å². The number of hydrogen-bond acceptors (Lipinski definition) is 5. The SMILES string of the molecule is c1cc(N2CCOCC2)n2cc([C@@H]3CN(CC4CC4)CCN3CC3CC3)nc2c1. The number of pyridine rings is 1. The fourth-order valence-electron chi connectivity index (χ4n) is 5.07. The maximum absolute atomic E-state index is 5.56. The van der Waals surface area contributed by atoms with Gasteiger partial charge in [0.25, 0.3) is 0 Å². The van der Waals surface area contributed by atoms with Crippen molar-refractivity contribution in [3.05, 3.63) is 30.1 Å². The molecule has 0 bridgehead atoms. The number of piperazine rings is 1. The van der Waals surface area contributed by atoms with Crippen LogP contribution in [0, 0.1) is 11.8 Å². The zero-order valence-corrected chi connectivity index (χ0v) is 17.4. The molecule has 2 aromatic heterocycles. The fraction of sp³-hybridized carbons (Fsp3) is 0.696. The molecule has 0 unspecified atom stereocenters. The van der Waals surface area contributed by atoms with E-state index in [1.54, 1.807) is 0 Å². The van der Waals surface area contributed by atoms with Crippen LogP contribution in [-0.4, -0.2) is 78.2 Å². The van der Waals surface area contributed by atoms with Gasteiger partial charge in [0, 0.05) is 52.0 Å². The minimum absolute atomic E-state index is 0.431. The van der Waals surface area contributed by atoms with Crippen molar-refractivity contribution >= 4 is 11.5 Å². The van der Waals surface area contributed by atoms with Gasteiger partial charge in [-0.15, -0.1) is 0 Å². The summed E-state index contributed by atoms with van der Waals surface area (Å²) in [5.74, 6) is 3.14. The highest BCUT2D eigenvalue weighted by Crippen LogP contribution is 2.36. The largest absolute Gasteiger partial charge is 0.378 e. The molecule has 6 rings (SSSR count). The first kappa shape index (κ1) is 18.2. The van der Waals surface area contributed by atoms with Gasteiger partial charge in [0.05, 0.1) is 24.9 Å². The Kier molecular flexibility index (Phi) is 4.74. The van der Waals surface area contributed by atoms with E-state index in [4.69, 9.17) is 9.72 Å². The fourth-order valence-corrected chi connectivity index (χ4v) is 5.07. The van der Waals surface area contributed by atoms with E-state index in [0.29, 0.717) is 6.04 Å². The summed E-state index contributed by atoms with van der Waals surface area (Å²) >= 11 is 0. The van der Waals surface area contributed by atoms with Crippen LogP contribution < -0.4 is 4.90 Å². The normalized spacial score (nSPS) is 27.0. The van der Waals surface area contributed by atoms with Crippen molar-refractivity contribution < 1.29 is 4.74 Å². The number of nitrogens with zero attached hydrogens (tertiary/aromatic N) is 5. The average Bonchev–Trinajstić information content (AvgIpc) is 3.69. The molecule has 0 N–H and O–H groups in total. The van der Waals surface area contributed by atoms with Crippen LogP contribution in [0.25, 0.3) is 5.65 Å². The van der Waals surface area contributed by atoms with Crippen molar-refractivity contribution in [3.63, 3.8) is 0 Å². The molecule has 2 aliphatic carbocycles. The Morgan fingerprint density at radius 3 is 2.52 bits per heavy atom. The van der Waals surface area contributed by atoms with Gasteiger partial charge in [-0.25, -0.2) is 4.98 Å². The Bertz CT molecular complexity index is 852. The van der Waals surface area contributed by atoms with Crippen LogP contribution in [0.15, 0.2) is 24.4 Å². The molecule has 29 heavy (non-hydrogen) atoms. The van der Waals surface area contributed by atoms with Crippen LogP contribution in [0.3, 0.4) is 0 Å². The minimum Gasteiger partial charge on any atom is -0.378 e. The van der Waals surface area contributed by atoms with Crippen molar-refractivity contribution in [2.24, 2.45) is 11.8 Å². The van der Waals surface area contributed by atoms with Crippen LogP contribution in [0.4, 0.5) is 5.82 Å². The molecular formula is C23H33N5O. The zero-order chi connectivity index (χ0) is 19.2. The van der Waals surface area contributed by atoms with Gasteiger partial charge in [0.15, 0.2) is 0 Å². The first-order valence-corrected chi connectivity index (χ1v) is 11.6. The number of rotatable bonds is 6. The van der Waals surface area contributed by atoms with E-state index in [1.165, 1.54) is 63.4 Å². The Labute approximate surface area is 173 Å². The summed E-state index contributed by atoms with van der Waals surface area (Å²) < 4.78 is 7.88. The van der Waals surface area contributed by atoms with E-state index < -0.39 is 0 Å². The predicted octanol–water partition coefficient (Wildman–Crippen LogP) is 2.65. The molecule has 2 saturated heterocycles. The molecule has 4 heterocycles.